The number of nitrogens with one attached hydrogen (secondary N) is 1. The third-order valence-electron chi connectivity index (χ3n) is 3.60. The number of ether oxygens (including phenoxy) is 1. The average molecular weight is 268 g/mol. The van der Waals surface area contributed by atoms with Gasteiger partial charge in [-0.05, 0) is 24.1 Å². The van der Waals surface area contributed by atoms with Crippen LogP contribution in [0, 0.1) is 0 Å². The molecule has 1 atom stereocenters. The van der Waals surface area contributed by atoms with Crippen molar-refractivity contribution in [2.75, 3.05) is 18.5 Å². The fourth-order valence-corrected chi connectivity index (χ4v) is 2.52. The molecule has 0 bridgehead atoms. The highest BCUT2D eigenvalue weighted by atomic mass is 16.5. The summed E-state index contributed by atoms with van der Waals surface area (Å²) in [5.74, 6) is 1.35. The topological polar surface area (TPSA) is 51.2 Å². The number of nitrogens with zero attached hydrogens (tertiary/aromatic N) is 1. The summed E-state index contributed by atoms with van der Waals surface area (Å²) in [6.07, 6.45) is 5.14. The fraction of sp³-hybridized carbons (Fsp3) is 0.250. The van der Waals surface area contributed by atoms with Crippen molar-refractivity contribution in [1.29, 1.82) is 0 Å². The second kappa shape index (κ2) is 5.74. The molecule has 2 aromatic rings. The maximum atomic E-state index is 11.0. The van der Waals surface area contributed by atoms with Gasteiger partial charge in [-0.1, -0.05) is 18.2 Å². The first-order valence-corrected chi connectivity index (χ1v) is 6.73. The first-order valence-electron chi connectivity index (χ1n) is 6.73. The van der Waals surface area contributed by atoms with Gasteiger partial charge in [0.15, 0.2) is 6.29 Å². The standard InChI is InChI=1S/C16H16N2O2/c19-11-13-5-7-17-10-15(13)18-9-12-6-8-20-16-4-2-1-3-14(12)16/h1-5,7,10-12,18H,6,8-9H2. The van der Waals surface area contributed by atoms with Crippen LogP contribution in [0.3, 0.4) is 0 Å². The molecule has 3 rings (SSSR count). The van der Waals surface area contributed by atoms with Gasteiger partial charge < -0.3 is 10.1 Å². The summed E-state index contributed by atoms with van der Waals surface area (Å²) in [6.45, 7) is 1.50. The van der Waals surface area contributed by atoms with Crippen molar-refractivity contribution >= 4 is 12.0 Å². The summed E-state index contributed by atoms with van der Waals surface area (Å²) >= 11 is 0. The van der Waals surface area contributed by atoms with Gasteiger partial charge >= 0.3 is 0 Å². The molecule has 1 aliphatic heterocycles. The largest absolute Gasteiger partial charge is 0.493 e. The molecular weight excluding hydrogens is 252 g/mol. The summed E-state index contributed by atoms with van der Waals surface area (Å²) in [7, 11) is 0. The van der Waals surface area contributed by atoms with Crippen molar-refractivity contribution in [1.82, 2.24) is 4.98 Å². The van der Waals surface area contributed by atoms with E-state index in [1.165, 1.54) is 5.56 Å². The lowest BCUT2D eigenvalue weighted by Gasteiger charge is -2.26. The van der Waals surface area contributed by atoms with Crippen LogP contribution in [-0.4, -0.2) is 24.4 Å². The van der Waals surface area contributed by atoms with Crippen LogP contribution in [0.2, 0.25) is 0 Å². The number of pyridine rings is 1. The Bertz CT molecular complexity index is 613. The zero-order chi connectivity index (χ0) is 13.8. The summed E-state index contributed by atoms with van der Waals surface area (Å²) < 4.78 is 5.65. The molecule has 0 fully saturated rings. The normalized spacial score (nSPS) is 16.9. The fourth-order valence-electron chi connectivity index (χ4n) is 2.52. The minimum absolute atomic E-state index is 0.389. The Morgan fingerprint density at radius 3 is 3.15 bits per heavy atom. The molecule has 0 saturated carbocycles. The predicted octanol–water partition coefficient (Wildman–Crippen LogP) is 2.87. The molecule has 20 heavy (non-hydrogen) atoms. The quantitative estimate of drug-likeness (QED) is 0.866. The van der Waals surface area contributed by atoms with Gasteiger partial charge in [0.2, 0.25) is 0 Å². The number of benzene rings is 1. The lowest BCUT2D eigenvalue weighted by molar-refractivity contribution is 0.112. The summed E-state index contributed by atoms with van der Waals surface area (Å²) in [5, 5.41) is 3.33. The molecule has 0 radical (unpaired) electrons. The number of hydrogen-bond donors (Lipinski definition) is 1. The first-order chi connectivity index (χ1) is 9.88. The number of carbonyl (C=O) groups is 1. The Labute approximate surface area is 117 Å². The highest BCUT2D eigenvalue weighted by molar-refractivity contribution is 5.83. The second-order valence-electron chi connectivity index (χ2n) is 4.83. The van der Waals surface area contributed by atoms with Gasteiger partial charge in [0.05, 0.1) is 18.5 Å². The van der Waals surface area contributed by atoms with E-state index in [4.69, 9.17) is 4.74 Å². The minimum Gasteiger partial charge on any atom is -0.493 e. The number of anilines is 1. The molecule has 0 saturated heterocycles. The van der Waals surface area contributed by atoms with Crippen molar-refractivity contribution in [3.63, 3.8) is 0 Å². The van der Waals surface area contributed by atoms with E-state index in [1.807, 2.05) is 18.2 Å². The molecule has 2 heterocycles. The van der Waals surface area contributed by atoms with Crippen molar-refractivity contribution in [2.45, 2.75) is 12.3 Å². The van der Waals surface area contributed by atoms with E-state index in [9.17, 15) is 4.79 Å². The van der Waals surface area contributed by atoms with Crippen molar-refractivity contribution in [2.24, 2.45) is 0 Å². The Hall–Kier alpha value is -2.36. The highest BCUT2D eigenvalue weighted by Crippen LogP contribution is 2.33. The summed E-state index contributed by atoms with van der Waals surface area (Å²) in [4.78, 5) is 15.0. The Morgan fingerprint density at radius 1 is 1.35 bits per heavy atom. The maximum Gasteiger partial charge on any atom is 0.152 e. The number of rotatable bonds is 4. The van der Waals surface area contributed by atoms with Gasteiger partial charge in [0.1, 0.15) is 5.75 Å². The van der Waals surface area contributed by atoms with Gasteiger partial charge in [-0.2, -0.15) is 0 Å². The third kappa shape index (κ3) is 2.50. The van der Waals surface area contributed by atoms with Gasteiger partial charge in [0.25, 0.3) is 0 Å². The van der Waals surface area contributed by atoms with Gasteiger partial charge in [0, 0.05) is 24.2 Å². The van der Waals surface area contributed by atoms with E-state index in [-0.39, 0.29) is 0 Å². The number of carbonyl (C=O) groups excluding carboxylic acids is 1. The zero-order valence-corrected chi connectivity index (χ0v) is 11.1. The average Bonchev–Trinajstić information content (AvgIpc) is 2.53. The Kier molecular flexibility index (Phi) is 3.63. The Morgan fingerprint density at radius 2 is 2.25 bits per heavy atom. The predicted molar refractivity (Wildman–Crippen MR) is 77.4 cm³/mol. The molecule has 0 aliphatic carbocycles. The van der Waals surface area contributed by atoms with E-state index in [0.717, 1.165) is 37.3 Å². The molecule has 1 N–H and O–H groups in total. The van der Waals surface area contributed by atoms with Crippen molar-refractivity contribution in [3.8, 4) is 5.75 Å². The highest BCUT2D eigenvalue weighted by Gasteiger charge is 2.20. The monoisotopic (exact) mass is 268 g/mol. The molecule has 0 spiro atoms. The molecule has 4 nitrogen and oxygen atoms in total. The smallest absolute Gasteiger partial charge is 0.152 e. The van der Waals surface area contributed by atoms with Crippen LogP contribution in [0.1, 0.15) is 28.3 Å². The van der Waals surface area contributed by atoms with Crippen LogP contribution in [0.4, 0.5) is 5.69 Å². The third-order valence-corrected chi connectivity index (χ3v) is 3.60. The first kappa shape index (κ1) is 12.7. The molecule has 1 aromatic carbocycles. The minimum atomic E-state index is 0.389. The molecule has 4 heteroatoms. The number of aromatic nitrogens is 1. The summed E-state index contributed by atoms with van der Waals surface area (Å²) in [6, 6.07) is 9.84. The number of fused-ring (bicyclic) bond motifs is 1. The van der Waals surface area contributed by atoms with Crippen molar-refractivity contribution in [3.05, 3.63) is 53.9 Å². The van der Waals surface area contributed by atoms with Crippen LogP contribution >= 0.6 is 0 Å². The zero-order valence-electron chi connectivity index (χ0n) is 11.1. The molecular formula is C16H16N2O2. The summed E-state index contributed by atoms with van der Waals surface area (Å²) in [5.41, 5.74) is 2.65. The van der Waals surface area contributed by atoms with E-state index in [1.54, 1.807) is 18.5 Å². The van der Waals surface area contributed by atoms with Gasteiger partial charge in [-0.25, -0.2) is 0 Å². The number of para-hydroxylation sites is 1. The van der Waals surface area contributed by atoms with Crippen LogP contribution in [0.5, 0.6) is 5.75 Å². The molecule has 1 aliphatic rings. The number of aldehydes is 1. The van der Waals surface area contributed by atoms with Crippen LogP contribution in [0.25, 0.3) is 0 Å². The van der Waals surface area contributed by atoms with E-state index in [0.29, 0.717) is 11.5 Å². The molecule has 0 amide bonds. The van der Waals surface area contributed by atoms with Crippen molar-refractivity contribution < 1.29 is 9.53 Å². The molecule has 1 aromatic heterocycles. The molecule has 1 unspecified atom stereocenters. The SMILES string of the molecule is O=Cc1ccncc1NCC1CCOc2ccccc21. The van der Waals surface area contributed by atoms with Gasteiger partial charge in [-0.15, -0.1) is 0 Å². The number of hydrogen-bond acceptors (Lipinski definition) is 4. The Balaban J connectivity index is 1.75. The van der Waals surface area contributed by atoms with Gasteiger partial charge in [-0.3, -0.25) is 9.78 Å². The van der Waals surface area contributed by atoms with Crippen LogP contribution in [0.15, 0.2) is 42.7 Å². The van der Waals surface area contributed by atoms with Crippen LogP contribution in [-0.2, 0) is 0 Å². The van der Waals surface area contributed by atoms with E-state index in [2.05, 4.69) is 16.4 Å². The molecule has 102 valence electrons. The lowest BCUT2D eigenvalue weighted by Crippen LogP contribution is -2.21. The lowest BCUT2D eigenvalue weighted by atomic mass is 9.93. The van der Waals surface area contributed by atoms with E-state index < -0.39 is 0 Å². The maximum absolute atomic E-state index is 11.0. The second-order valence-corrected chi connectivity index (χ2v) is 4.83. The van der Waals surface area contributed by atoms with E-state index >= 15 is 0 Å². The van der Waals surface area contributed by atoms with Crippen LogP contribution < -0.4 is 10.1 Å².